The van der Waals surface area contributed by atoms with Gasteiger partial charge in [0, 0.05) is 5.56 Å². The maximum atomic E-state index is 13.0. The minimum Gasteiger partial charge on any atom is -0.488 e. The molecule has 4 nitrogen and oxygen atoms in total. The van der Waals surface area contributed by atoms with Gasteiger partial charge in [-0.15, -0.1) is 0 Å². The lowest BCUT2D eigenvalue weighted by Gasteiger charge is -2.09. The molecule has 0 aliphatic carbocycles. The van der Waals surface area contributed by atoms with Crippen LogP contribution >= 0.6 is 11.3 Å². The minimum absolute atomic E-state index is 0.0490. The topological polar surface area (TPSA) is 43.6 Å². The third-order valence-corrected chi connectivity index (χ3v) is 5.83. The highest BCUT2D eigenvalue weighted by Gasteiger charge is 2.11. The van der Waals surface area contributed by atoms with Gasteiger partial charge in [0.1, 0.15) is 12.4 Å². The molecule has 2 aromatic heterocycles. The molecule has 5 rings (SSSR count). The summed E-state index contributed by atoms with van der Waals surface area (Å²) in [5, 5.41) is 0. The fraction of sp³-hybridized carbons (Fsp3) is 0.0833. The van der Waals surface area contributed by atoms with Gasteiger partial charge in [-0.05, 0) is 36.8 Å². The van der Waals surface area contributed by atoms with E-state index in [9.17, 15) is 4.79 Å². The largest absolute Gasteiger partial charge is 0.488 e. The van der Waals surface area contributed by atoms with Gasteiger partial charge in [0.05, 0.1) is 15.6 Å². The van der Waals surface area contributed by atoms with E-state index >= 15 is 0 Å². The van der Waals surface area contributed by atoms with Crippen molar-refractivity contribution in [2.24, 2.45) is 0 Å². The molecule has 0 saturated heterocycles. The van der Waals surface area contributed by atoms with Gasteiger partial charge < -0.3 is 4.74 Å². The first-order valence-electron chi connectivity index (χ1n) is 9.38. The molecule has 0 aliphatic heterocycles. The fourth-order valence-electron chi connectivity index (χ4n) is 3.33. The average Bonchev–Trinajstić information content (AvgIpc) is 3.25. The summed E-state index contributed by atoms with van der Waals surface area (Å²) < 4.78 is 8.38. The molecule has 0 unspecified atom stereocenters. The third-order valence-electron chi connectivity index (χ3n) is 4.87. The molecule has 0 amide bonds. The second kappa shape index (κ2) is 7.18. The van der Waals surface area contributed by atoms with Gasteiger partial charge in [-0.2, -0.15) is 0 Å². The molecule has 5 heteroatoms. The number of rotatable bonds is 4. The Morgan fingerprint density at radius 3 is 2.62 bits per heavy atom. The molecule has 0 fully saturated rings. The van der Waals surface area contributed by atoms with Crippen LogP contribution in [-0.2, 0) is 6.61 Å². The van der Waals surface area contributed by atoms with E-state index in [1.54, 1.807) is 4.40 Å². The summed E-state index contributed by atoms with van der Waals surface area (Å²) in [6.07, 6.45) is 1.89. The summed E-state index contributed by atoms with van der Waals surface area (Å²) in [6, 6.07) is 23.8. The van der Waals surface area contributed by atoms with Crippen molar-refractivity contribution in [3.05, 3.63) is 104 Å². The van der Waals surface area contributed by atoms with Crippen molar-refractivity contribution in [1.29, 1.82) is 0 Å². The standard InChI is InChI=1S/C24H18N2O2S/c1-16-10-12-17(13-11-16)15-28-21-9-5-2-6-18(21)14-22-23(27)26-20-8-4-3-7-19(20)25-24(26)29-22/h2-14H,15H2,1H3/b22-14+. The van der Waals surface area contributed by atoms with Crippen LogP contribution in [0.4, 0.5) is 0 Å². The zero-order chi connectivity index (χ0) is 19.8. The lowest BCUT2D eigenvalue weighted by molar-refractivity contribution is 0.305. The van der Waals surface area contributed by atoms with E-state index < -0.39 is 0 Å². The molecule has 29 heavy (non-hydrogen) atoms. The zero-order valence-corrected chi connectivity index (χ0v) is 16.6. The van der Waals surface area contributed by atoms with E-state index in [1.807, 2.05) is 54.6 Å². The van der Waals surface area contributed by atoms with Crippen LogP contribution < -0.4 is 14.8 Å². The first-order valence-corrected chi connectivity index (χ1v) is 10.2. The maximum Gasteiger partial charge on any atom is 0.274 e. The van der Waals surface area contributed by atoms with E-state index in [-0.39, 0.29) is 5.56 Å². The van der Waals surface area contributed by atoms with Crippen LogP contribution in [0.15, 0.2) is 77.6 Å². The Kier molecular flexibility index (Phi) is 4.37. The Labute approximate surface area is 171 Å². The molecule has 2 heterocycles. The summed E-state index contributed by atoms with van der Waals surface area (Å²) in [7, 11) is 0. The average molecular weight is 398 g/mol. The zero-order valence-electron chi connectivity index (χ0n) is 15.8. The van der Waals surface area contributed by atoms with E-state index in [2.05, 4.69) is 36.2 Å². The van der Waals surface area contributed by atoms with Crippen molar-refractivity contribution in [3.8, 4) is 5.75 Å². The molecule has 0 bridgehead atoms. The summed E-state index contributed by atoms with van der Waals surface area (Å²) in [5.74, 6) is 0.753. The molecule has 0 radical (unpaired) electrons. The summed E-state index contributed by atoms with van der Waals surface area (Å²) >= 11 is 1.40. The Hall–Kier alpha value is -3.44. The molecule has 142 valence electrons. The second-order valence-electron chi connectivity index (χ2n) is 6.95. The highest BCUT2D eigenvalue weighted by atomic mass is 32.1. The number of thiazole rings is 1. The monoisotopic (exact) mass is 398 g/mol. The van der Waals surface area contributed by atoms with Crippen molar-refractivity contribution in [3.63, 3.8) is 0 Å². The summed E-state index contributed by atoms with van der Waals surface area (Å²) in [5.41, 5.74) is 4.84. The highest BCUT2D eigenvalue weighted by Crippen LogP contribution is 2.21. The predicted octanol–water partition coefficient (Wildman–Crippen LogP) is 4.34. The molecule has 3 aromatic carbocycles. The number of benzene rings is 3. The van der Waals surface area contributed by atoms with Gasteiger partial charge in [0.15, 0.2) is 4.96 Å². The second-order valence-corrected chi connectivity index (χ2v) is 7.96. The Balaban J connectivity index is 1.53. The number of imidazole rings is 1. The molecular weight excluding hydrogens is 380 g/mol. The van der Waals surface area contributed by atoms with Gasteiger partial charge in [0.25, 0.3) is 5.56 Å². The number of aryl methyl sites for hydroxylation is 1. The molecule has 5 aromatic rings. The fourth-order valence-corrected chi connectivity index (χ4v) is 4.31. The minimum atomic E-state index is -0.0490. The lowest BCUT2D eigenvalue weighted by atomic mass is 10.1. The van der Waals surface area contributed by atoms with Crippen LogP contribution in [0.1, 0.15) is 16.7 Å². The van der Waals surface area contributed by atoms with Crippen LogP contribution in [-0.4, -0.2) is 9.38 Å². The molecule has 0 aliphatic rings. The molecule has 0 spiro atoms. The number of hydrogen-bond donors (Lipinski definition) is 0. The normalized spacial score (nSPS) is 12.1. The summed E-state index contributed by atoms with van der Waals surface area (Å²) in [4.78, 5) is 18.3. The van der Waals surface area contributed by atoms with Crippen molar-refractivity contribution in [1.82, 2.24) is 9.38 Å². The maximum absolute atomic E-state index is 13.0. The van der Waals surface area contributed by atoms with Crippen molar-refractivity contribution >= 4 is 33.4 Å². The molecular formula is C24H18N2O2S. The van der Waals surface area contributed by atoms with Crippen LogP contribution in [0.25, 0.3) is 22.1 Å². The smallest absolute Gasteiger partial charge is 0.274 e. The van der Waals surface area contributed by atoms with Crippen molar-refractivity contribution < 1.29 is 4.74 Å². The molecule has 0 saturated carbocycles. The van der Waals surface area contributed by atoms with Crippen LogP contribution in [0.3, 0.4) is 0 Å². The Bertz CT molecular complexity index is 1430. The number of nitrogens with zero attached hydrogens (tertiary/aromatic N) is 2. The van der Waals surface area contributed by atoms with Gasteiger partial charge in [-0.1, -0.05) is 71.5 Å². The van der Waals surface area contributed by atoms with Crippen LogP contribution in [0.5, 0.6) is 5.75 Å². The molecule has 0 atom stereocenters. The van der Waals surface area contributed by atoms with Gasteiger partial charge >= 0.3 is 0 Å². The molecule has 0 N–H and O–H groups in total. The van der Waals surface area contributed by atoms with Crippen molar-refractivity contribution in [2.45, 2.75) is 13.5 Å². The van der Waals surface area contributed by atoms with E-state index in [0.717, 1.165) is 27.9 Å². The quantitative estimate of drug-likeness (QED) is 0.452. The SMILES string of the molecule is Cc1ccc(COc2ccccc2/C=c2/sc3nc4ccccc4n3c2=O)cc1. The van der Waals surface area contributed by atoms with Gasteiger partial charge in [-0.25, -0.2) is 9.38 Å². The number of ether oxygens (including phenoxy) is 1. The Morgan fingerprint density at radius 1 is 1.00 bits per heavy atom. The van der Waals surface area contributed by atoms with E-state index in [4.69, 9.17) is 4.74 Å². The highest BCUT2D eigenvalue weighted by molar-refractivity contribution is 7.15. The number of para-hydroxylation sites is 3. The summed E-state index contributed by atoms with van der Waals surface area (Å²) in [6.45, 7) is 2.55. The van der Waals surface area contributed by atoms with E-state index in [0.29, 0.717) is 16.1 Å². The van der Waals surface area contributed by atoms with Crippen molar-refractivity contribution in [2.75, 3.05) is 0 Å². The third kappa shape index (κ3) is 3.30. The van der Waals surface area contributed by atoms with E-state index in [1.165, 1.54) is 16.9 Å². The predicted molar refractivity (Wildman–Crippen MR) is 118 cm³/mol. The number of aromatic nitrogens is 2. The Morgan fingerprint density at radius 2 is 1.76 bits per heavy atom. The number of hydrogen-bond acceptors (Lipinski definition) is 4. The van der Waals surface area contributed by atoms with Crippen LogP contribution in [0, 0.1) is 6.92 Å². The first kappa shape index (κ1) is 17.6. The van der Waals surface area contributed by atoms with Gasteiger partial charge in [0.2, 0.25) is 0 Å². The van der Waals surface area contributed by atoms with Crippen LogP contribution in [0.2, 0.25) is 0 Å². The lowest BCUT2D eigenvalue weighted by Crippen LogP contribution is -2.22. The van der Waals surface area contributed by atoms with Gasteiger partial charge in [-0.3, -0.25) is 4.79 Å². The number of fused-ring (bicyclic) bond motifs is 3. The first-order chi connectivity index (χ1) is 14.2.